The maximum absolute atomic E-state index is 12.9. The predicted octanol–water partition coefficient (Wildman–Crippen LogP) is 22.9. The topological polar surface area (TPSA) is 78.9 Å². The van der Waals surface area contributed by atoms with Crippen LogP contribution in [0.1, 0.15) is 342 Å². The first-order valence-corrected chi connectivity index (χ1v) is 33.4. The molecule has 0 N–H and O–H groups in total. The molecule has 0 rings (SSSR count). The summed E-state index contributed by atoms with van der Waals surface area (Å²) in [7, 11) is 0. The van der Waals surface area contributed by atoms with Crippen LogP contribution in [-0.2, 0) is 28.6 Å². The number of esters is 3. The lowest BCUT2D eigenvalue weighted by Crippen LogP contribution is -2.30. The molecule has 0 aliphatic heterocycles. The van der Waals surface area contributed by atoms with E-state index in [0.29, 0.717) is 19.3 Å². The number of hydrogen-bond acceptors (Lipinski definition) is 6. The molecule has 0 aliphatic rings. The third-order valence-corrected chi connectivity index (χ3v) is 14.7. The van der Waals surface area contributed by atoms with Gasteiger partial charge in [0.25, 0.3) is 0 Å². The van der Waals surface area contributed by atoms with Crippen molar-refractivity contribution < 1.29 is 28.6 Å². The Morgan fingerprint density at radius 2 is 0.506 bits per heavy atom. The Morgan fingerprint density at radius 3 is 0.844 bits per heavy atom. The zero-order valence-corrected chi connectivity index (χ0v) is 51.2. The fourth-order valence-electron chi connectivity index (χ4n) is 9.70. The molecule has 0 aliphatic carbocycles. The molecule has 0 heterocycles. The molecule has 1 atom stereocenters. The zero-order chi connectivity index (χ0) is 55.7. The van der Waals surface area contributed by atoms with Gasteiger partial charge in [-0.25, -0.2) is 0 Å². The van der Waals surface area contributed by atoms with Crippen molar-refractivity contribution in [3.8, 4) is 0 Å². The number of carbonyl (C=O) groups is 3. The minimum atomic E-state index is -0.796. The lowest BCUT2D eigenvalue weighted by Gasteiger charge is -2.18. The molecule has 0 aromatic heterocycles. The molecule has 0 saturated carbocycles. The summed E-state index contributed by atoms with van der Waals surface area (Å²) in [6, 6.07) is 0. The monoisotopic (exact) mass is 1070 g/mol. The minimum Gasteiger partial charge on any atom is -0.462 e. The number of ether oxygens (including phenoxy) is 3. The van der Waals surface area contributed by atoms with Gasteiger partial charge in [-0.3, -0.25) is 14.4 Å². The largest absolute Gasteiger partial charge is 0.462 e. The lowest BCUT2D eigenvalue weighted by atomic mass is 10.0. The quantitative estimate of drug-likeness (QED) is 0.0261. The molecule has 0 bridgehead atoms. The van der Waals surface area contributed by atoms with E-state index in [1.54, 1.807) is 0 Å². The average molecular weight is 1080 g/mol. The SMILES string of the molecule is CC/C=C\C/C=C\C/C=C\C/C=C\C/C=C\CCCCCC(=O)OC(COC(=O)CCCCCCC/C=C\CCCCC)COC(=O)CCCCCCCCCCCCCCCCCCCCCCCCCCCCCC. The number of unbranched alkanes of at least 4 members (excludes halogenated alkanes) is 38. The summed E-state index contributed by atoms with van der Waals surface area (Å²) in [6.07, 6.45) is 85.1. The van der Waals surface area contributed by atoms with E-state index in [9.17, 15) is 14.4 Å². The smallest absolute Gasteiger partial charge is 0.306 e. The van der Waals surface area contributed by atoms with Gasteiger partial charge in [0, 0.05) is 19.3 Å². The first-order chi connectivity index (χ1) is 38.0. The molecule has 1 unspecified atom stereocenters. The Labute approximate surface area is 478 Å². The molecule has 0 saturated heterocycles. The van der Waals surface area contributed by atoms with E-state index in [1.165, 1.54) is 199 Å². The third kappa shape index (κ3) is 63.6. The van der Waals surface area contributed by atoms with Crippen LogP contribution in [0.15, 0.2) is 72.9 Å². The van der Waals surface area contributed by atoms with E-state index in [-0.39, 0.29) is 31.1 Å². The van der Waals surface area contributed by atoms with Crippen LogP contribution in [-0.4, -0.2) is 37.2 Å². The third-order valence-electron chi connectivity index (χ3n) is 14.7. The summed E-state index contributed by atoms with van der Waals surface area (Å²) in [5, 5.41) is 0. The second-order valence-electron chi connectivity index (χ2n) is 22.4. The summed E-state index contributed by atoms with van der Waals surface area (Å²) in [6.45, 7) is 6.51. The number of allylic oxidation sites excluding steroid dienone is 12. The highest BCUT2D eigenvalue weighted by Crippen LogP contribution is 2.18. The van der Waals surface area contributed by atoms with Gasteiger partial charge in [0.05, 0.1) is 0 Å². The van der Waals surface area contributed by atoms with Crippen molar-refractivity contribution in [2.24, 2.45) is 0 Å². The Morgan fingerprint density at radius 1 is 0.273 bits per heavy atom. The van der Waals surface area contributed by atoms with Crippen molar-refractivity contribution in [1.82, 2.24) is 0 Å². The summed E-state index contributed by atoms with van der Waals surface area (Å²) < 4.78 is 16.9. The first-order valence-electron chi connectivity index (χ1n) is 33.4. The van der Waals surface area contributed by atoms with E-state index < -0.39 is 6.10 Å². The van der Waals surface area contributed by atoms with E-state index in [2.05, 4.69) is 93.7 Å². The van der Waals surface area contributed by atoms with Crippen molar-refractivity contribution in [1.29, 1.82) is 0 Å². The van der Waals surface area contributed by atoms with Gasteiger partial charge >= 0.3 is 17.9 Å². The Balaban J connectivity index is 4.24. The lowest BCUT2D eigenvalue weighted by molar-refractivity contribution is -0.167. The number of hydrogen-bond donors (Lipinski definition) is 0. The average Bonchev–Trinajstić information content (AvgIpc) is 3.43. The van der Waals surface area contributed by atoms with Gasteiger partial charge in [0.2, 0.25) is 0 Å². The van der Waals surface area contributed by atoms with E-state index >= 15 is 0 Å². The summed E-state index contributed by atoms with van der Waals surface area (Å²) >= 11 is 0. The second-order valence-corrected chi connectivity index (χ2v) is 22.4. The normalized spacial score (nSPS) is 12.5. The van der Waals surface area contributed by atoms with Crippen LogP contribution in [0.3, 0.4) is 0 Å². The highest BCUT2D eigenvalue weighted by molar-refractivity contribution is 5.71. The fourth-order valence-corrected chi connectivity index (χ4v) is 9.70. The molecule has 0 aromatic carbocycles. The van der Waals surface area contributed by atoms with Gasteiger partial charge in [-0.1, -0.05) is 306 Å². The standard InChI is InChI=1S/C71H126O6/c1-4-7-10-13-16-19-22-25-27-29-31-32-33-34-35-36-37-38-39-41-42-44-46-49-52-55-58-61-64-70(73)76-67-68(66-75-69(72)63-60-57-54-51-48-24-21-18-15-12-9-6-3)77-71(74)65-62-59-56-53-50-47-45-43-40-30-28-26-23-20-17-14-11-8-5-2/h8,11,17-18,20-21,26,28,40,43,47,50,68H,4-7,9-10,12-16,19,22-25,27,29-39,41-42,44-46,48-49,51-67H2,1-3H3/b11-8-,20-17-,21-18-,28-26-,43-40-,50-47-. The molecular formula is C71H126O6. The Bertz CT molecular complexity index is 1420. The summed E-state index contributed by atoms with van der Waals surface area (Å²) in [5.74, 6) is -0.916. The van der Waals surface area contributed by atoms with Crippen LogP contribution in [0.4, 0.5) is 0 Å². The van der Waals surface area contributed by atoms with E-state index in [0.717, 1.165) is 103 Å². The molecular weight excluding hydrogens is 949 g/mol. The van der Waals surface area contributed by atoms with Crippen molar-refractivity contribution >= 4 is 17.9 Å². The van der Waals surface area contributed by atoms with Gasteiger partial charge in [-0.2, -0.15) is 0 Å². The molecule has 0 radical (unpaired) electrons. The molecule has 0 fully saturated rings. The summed E-state index contributed by atoms with van der Waals surface area (Å²) in [4.78, 5) is 38.3. The highest BCUT2D eigenvalue weighted by Gasteiger charge is 2.19. The summed E-state index contributed by atoms with van der Waals surface area (Å²) in [5.41, 5.74) is 0. The van der Waals surface area contributed by atoms with Crippen LogP contribution in [0.25, 0.3) is 0 Å². The minimum absolute atomic E-state index is 0.0888. The molecule has 0 aromatic rings. The molecule has 6 nitrogen and oxygen atoms in total. The number of carbonyl (C=O) groups excluding carboxylic acids is 3. The van der Waals surface area contributed by atoms with Gasteiger partial charge < -0.3 is 14.2 Å². The van der Waals surface area contributed by atoms with Crippen LogP contribution >= 0.6 is 0 Å². The van der Waals surface area contributed by atoms with Gasteiger partial charge in [0.1, 0.15) is 13.2 Å². The van der Waals surface area contributed by atoms with Crippen molar-refractivity contribution in [2.45, 2.75) is 348 Å². The van der Waals surface area contributed by atoms with Crippen molar-refractivity contribution in [3.05, 3.63) is 72.9 Å². The molecule has 0 amide bonds. The Kier molecular flexibility index (Phi) is 62.7. The van der Waals surface area contributed by atoms with Gasteiger partial charge in [-0.05, 0) is 89.9 Å². The van der Waals surface area contributed by atoms with Gasteiger partial charge in [-0.15, -0.1) is 0 Å². The zero-order valence-electron chi connectivity index (χ0n) is 51.2. The molecule has 6 heteroatoms. The van der Waals surface area contributed by atoms with E-state index in [4.69, 9.17) is 14.2 Å². The van der Waals surface area contributed by atoms with Crippen LogP contribution in [0.2, 0.25) is 0 Å². The van der Waals surface area contributed by atoms with E-state index in [1.807, 2.05) is 0 Å². The molecule has 0 spiro atoms. The predicted molar refractivity (Wildman–Crippen MR) is 335 cm³/mol. The highest BCUT2D eigenvalue weighted by atomic mass is 16.6. The fraction of sp³-hybridized carbons (Fsp3) is 0.789. The van der Waals surface area contributed by atoms with Gasteiger partial charge in [0.15, 0.2) is 6.10 Å². The second kappa shape index (κ2) is 65.4. The van der Waals surface area contributed by atoms with Crippen LogP contribution in [0, 0.1) is 0 Å². The number of rotatable bonds is 61. The molecule has 446 valence electrons. The molecule has 77 heavy (non-hydrogen) atoms. The Hall–Kier alpha value is -3.15. The maximum Gasteiger partial charge on any atom is 0.306 e. The van der Waals surface area contributed by atoms with Crippen LogP contribution < -0.4 is 0 Å². The maximum atomic E-state index is 12.9. The van der Waals surface area contributed by atoms with Crippen molar-refractivity contribution in [3.63, 3.8) is 0 Å². The van der Waals surface area contributed by atoms with Crippen molar-refractivity contribution in [2.75, 3.05) is 13.2 Å². The first kappa shape index (κ1) is 73.8. The van der Waals surface area contributed by atoms with Crippen LogP contribution in [0.5, 0.6) is 0 Å².